The van der Waals surface area contributed by atoms with Crippen LogP contribution >= 0.6 is 11.6 Å². The van der Waals surface area contributed by atoms with Crippen molar-refractivity contribution in [3.05, 3.63) is 69.8 Å². The number of benzene rings is 2. The van der Waals surface area contributed by atoms with E-state index in [4.69, 9.17) is 11.6 Å². The Labute approximate surface area is 126 Å². The summed E-state index contributed by atoms with van der Waals surface area (Å²) in [4.78, 5) is 0. The molecule has 1 heteroatoms. The molecule has 0 amide bonds. The van der Waals surface area contributed by atoms with Crippen LogP contribution in [0.15, 0.2) is 36.4 Å². The molecule has 0 heterocycles. The van der Waals surface area contributed by atoms with Crippen LogP contribution in [0.25, 0.3) is 0 Å². The normalized spacial score (nSPS) is 15.8. The summed E-state index contributed by atoms with van der Waals surface area (Å²) in [6.07, 6.45) is 5.08. The van der Waals surface area contributed by atoms with Crippen LogP contribution in [0, 0.1) is 13.8 Å². The van der Waals surface area contributed by atoms with Crippen molar-refractivity contribution in [2.45, 2.75) is 44.9 Å². The van der Waals surface area contributed by atoms with E-state index in [1.807, 2.05) is 0 Å². The maximum absolute atomic E-state index is 6.70. The highest BCUT2D eigenvalue weighted by atomic mass is 35.5. The number of hydrogen-bond donors (Lipinski definition) is 0. The number of rotatable bonds is 2. The summed E-state index contributed by atoms with van der Waals surface area (Å²) in [7, 11) is 0. The van der Waals surface area contributed by atoms with Crippen LogP contribution in [0.4, 0.5) is 0 Å². The van der Waals surface area contributed by atoms with Gasteiger partial charge in [-0.2, -0.15) is 0 Å². The van der Waals surface area contributed by atoms with Gasteiger partial charge in [0, 0.05) is 0 Å². The molecule has 0 N–H and O–H groups in total. The van der Waals surface area contributed by atoms with Crippen LogP contribution < -0.4 is 0 Å². The molecule has 1 aliphatic carbocycles. The van der Waals surface area contributed by atoms with E-state index in [1.54, 1.807) is 0 Å². The van der Waals surface area contributed by atoms with Crippen LogP contribution in [0.2, 0.25) is 0 Å². The standard InChI is InChI=1S/C19H21Cl/c1-13-7-8-17(11-14(13)2)19(20)18-10-9-15-5-3-4-6-16(15)12-18/h7-12,19H,3-6H2,1-2H3. The molecule has 0 radical (unpaired) electrons. The average Bonchev–Trinajstić information content (AvgIpc) is 2.49. The first-order chi connectivity index (χ1) is 9.65. The predicted molar refractivity (Wildman–Crippen MR) is 86.7 cm³/mol. The first-order valence-electron chi connectivity index (χ1n) is 7.48. The maximum Gasteiger partial charge on any atom is 0.0835 e. The highest BCUT2D eigenvalue weighted by Crippen LogP contribution is 2.32. The Kier molecular flexibility index (Phi) is 3.85. The van der Waals surface area contributed by atoms with Crippen LogP contribution in [0.5, 0.6) is 0 Å². The second-order valence-electron chi connectivity index (χ2n) is 5.94. The molecule has 3 rings (SSSR count). The van der Waals surface area contributed by atoms with Crippen LogP contribution in [-0.2, 0) is 12.8 Å². The Bertz CT molecular complexity index is 628. The van der Waals surface area contributed by atoms with Gasteiger partial charge in [0.25, 0.3) is 0 Å². The number of alkyl halides is 1. The van der Waals surface area contributed by atoms with Crippen molar-refractivity contribution < 1.29 is 0 Å². The zero-order valence-electron chi connectivity index (χ0n) is 12.2. The lowest BCUT2D eigenvalue weighted by Crippen LogP contribution is -2.04. The highest BCUT2D eigenvalue weighted by Gasteiger charge is 2.15. The Hall–Kier alpha value is -1.27. The van der Waals surface area contributed by atoms with Gasteiger partial charge in [-0.05, 0) is 72.9 Å². The van der Waals surface area contributed by atoms with Crippen molar-refractivity contribution in [2.24, 2.45) is 0 Å². The summed E-state index contributed by atoms with van der Waals surface area (Å²) in [5, 5.41) is -0.0403. The lowest BCUT2D eigenvalue weighted by atomic mass is 9.89. The predicted octanol–water partition coefficient (Wildman–Crippen LogP) is 5.51. The van der Waals surface area contributed by atoms with E-state index in [0.717, 1.165) is 0 Å². The fourth-order valence-corrected chi connectivity index (χ4v) is 3.30. The minimum atomic E-state index is -0.0403. The Morgan fingerprint density at radius 2 is 1.45 bits per heavy atom. The van der Waals surface area contributed by atoms with Crippen molar-refractivity contribution >= 4 is 11.6 Å². The molecular formula is C19H21Cl. The van der Waals surface area contributed by atoms with Crippen molar-refractivity contribution in [1.29, 1.82) is 0 Å². The third-order valence-corrected chi connectivity index (χ3v) is 4.99. The average molecular weight is 285 g/mol. The van der Waals surface area contributed by atoms with E-state index >= 15 is 0 Å². The quantitative estimate of drug-likeness (QED) is 0.638. The minimum absolute atomic E-state index is 0.0403. The van der Waals surface area contributed by atoms with Gasteiger partial charge < -0.3 is 0 Å². The van der Waals surface area contributed by atoms with Gasteiger partial charge >= 0.3 is 0 Å². The lowest BCUT2D eigenvalue weighted by molar-refractivity contribution is 0.684. The highest BCUT2D eigenvalue weighted by molar-refractivity contribution is 6.22. The molecule has 0 fully saturated rings. The van der Waals surface area contributed by atoms with E-state index in [-0.39, 0.29) is 5.38 Å². The fourth-order valence-electron chi connectivity index (χ4n) is 3.03. The second-order valence-corrected chi connectivity index (χ2v) is 6.38. The molecular weight excluding hydrogens is 264 g/mol. The van der Waals surface area contributed by atoms with Crippen molar-refractivity contribution in [3.63, 3.8) is 0 Å². The number of halogens is 1. The molecule has 0 saturated carbocycles. The summed E-state index contributed by atoms with van der Waals surface area (Å²) >= 11 is 6.70. The molecule has 0 nitrogen and oxygen atoms in total. The van der Waals surface area contributed by atoms with Crippen LogP contribution in [-0.4, -0.2) is 0 Å². The molecule has 0 saturated heterocycles. The SMILES string of the molecule is Cc1ccc(C(Cl)c2ccc3c(c2)CCCC3)cc1C. The summed E-state index contributed by atoms with van der Waals surface area (Å²) in [6, 6.07) is 13.3. The van der Waals surface area contributed by atoms with E-state index < -0.39 is 0 Å². The fraction of sp³-hybridized carbons (Fsp3) is 0.368. The molecule has 0 bridgehead atoms. The zero-order valence-corrected chi connectivity index (χ0v) is 13.0. The Morgan fingerprint density at radius 1 is 0.800 bits per heavy atom. The van der Waals surface area contributed by atoms with Crippen molar-refractivity contribution in [3.8, 4) is 0 Å². The second kappa shape index (κ2) is 5.61. The largest absolute Gasteiger partial charge is 0.113 e. The van der Waals surface area contributed by atoms with Gasteiger partial charge in [-0.1, -0.05) is 36.4 Å². The monoisotopic (exact) mass is 284 g/mol. The summed E-state index contributed by atoms with van der Waals surface area (Å²) in [5.41, 5.74) is 8.09. The first kappa shape index (κ1) is 13.7. The lowest BCUT2D eigenvalue weighted by Gasteiger charge is -2.19. The van der Waals surface area contributed by atoms with E-state index in [9.17, 15) is 0 Å². The van der Waals surface area contributed by atoms with E-state index in [2.05, 4.69) is 50.2 Å². The molecule has 1 atom stereocenters. The van der Waals surface area contributed by atoms with Gasteiger partial charge in [0.05, 0.1) is 5.38 Å². The van der Waals surface area contributed by atoms with Crippen molar-refractivity contribution in [1.82, 2.24) is 0 Å². The smallest absolute Gasteiger partial charge is 0.0835 e. The molecule has 104 valence electrons. The van der Waals surface area contributed by atoms with Gasteiger partial charge in [-0.3, -0.25) is 0 Å². The molecule has 2 aromatic carbocycles. The number of fused-ring (bicyclic) bond motifs is 1. The topological polar surface area (TPSA) is 0 Å². The third kappa shape index (κ3) is 2.62. The van der Waals surface area contributed by atoms with Gasteiger partial charge in [0.1, 0.15) is 0 Å². The van der Waals surface area contributed by atoms with Crippen molar-refractivity contribution in [2.75, 3.05) is 0 Å². The van der Waals surface area contributed by atoms with Gasteiger partial charge in [-0.15, -0.1) is 11.6 Å². The summed E-state index contributed by atoms with van der Waals surface area (Å²) in [5.74, 6) is 0. The molecule has 0 aromatic heterocycles. The summed E-state index contributed by atoms with van der Waals surface area (Å²) < 4.78 is 0. The molecule has 1 unspecified atom stereocenters. The zero-order chi connectivity index (χ0) is 14.1. The molecule has 1 aliphatic rings. The maximum atomic E-state index is 6.70. The first-order valence-corrected chi connectivity index (χ1v) is 7.92. The van der Waals surface area contributed by atoms with Crippen LogP contribution in [0.1, 0.15) is 51.6 Å². The molecule has 0 spiro atoms. The number of hydrogen-bond acceptors (Lipinski definition) is 0. The van der Waals surface area contributed by atoms with Gasteiger partial charge in [-0.25, -0.2) is 0 Å². The molecule has 0 aliphatic heterocycles. The Balaban J connectivity index is 1.93. The van der Waals surface area contributed by atoms with E-state index in [0.29, 0.717) is 0 Å². The van der Waals surface area contributed by atoms with E-state index in [1.165, 1.54) is 59.1 Å². The van der Waals surface area contributed by atoms with Gasteiger partial charge in [0.2, 0.25) is 0 Å². The third-order valence-electron chi connectivity index (χ3n) is 4.49. The van der Waals surface area contributed by atoms with Gasteiger partial charge in [0.15, 0.2) is 0 Å². The summed E-state index contributed by atoms with van der Waals surface area (Å²) in [6.45, 7) is 4.29. The Morgan fingerprint density at radius 3 is 2.20 bits per heavy atom. The minimum Gasteiger partial charge on any atom is -0.113 e. The molecule has 20 heavy (non-hydrogen) atoms. The molecule has 2 aromatic rings. The van der Waals surface area contributed by atoms with Crippen LogP contribution in [0.3, 0.4) is 0 Å². The number of aryl methyl sites for hydroxylation is 4.